The zero-order valence-corrected chi connectivity index (χ0v) is 15.8. The summed E-state index contributed by atoms with van der Waals surface area (Å²) in [6.45, 7) is 4.04. The molecule has 0 bridgehead atoms. The zero-order valence-electron chi connectivity index (χ0n) is 12.6. The van der Waals surface area contributed by atoms with Crippen LogP contribution in [-0.4, -0.2) is 17.1 Å². The van der Waals surface area contributed by atoms with Gasteiger partial charge in [0, 0.05) is 14.6 Å². The quantitative estimate of drug-likeness (QED) is 0.673. The van der Waals surface area contributed by atoms with Gasteiger partial charge >= 0.3 is 0 Å². The van der Waals surface area contributed by atoms with Crippen LogP contribution in [0.5, 0.6) is 0 Å². The number of amides is 2. The summed E-state index contributed by atoms with van der Waals surface area (Å²) in [7, 11) is 0. The second-order valence-corrected chi connectivity index (χ2v) is 8.72. The van der Waals surface area contributed by atoms with Crippen LogP contribution in [0.15, 0.2) is 51.2 Å². The number of thioether (sulfide) groups is 1. The predicted molar refractivity (Wildman–Crippen MR) is 101 cm³/mol. The molecule has 0 saturated carbocycles. The van der Waals surface area contributed by atoms with E-state index in [0.29, 0.717) is 16.2 Å². The van der Waals surface area contributed by atoms with Crippen molar-refractivity contribution < 1.29 is 9.59 Å². The Morgan fingerprint density at radius 2 is 1.78 bits per heavy atom. The topological polar surface area (TPSA) is 37.4 Å². The van der Waals surface area contributed by atoms with Crippen molar-refractivity contribution in [2.45, 2.75) is 19.1 Å². The molecule has 3 rings (SSSR count). The van der Waals surface area contributed by atoms with Crippen LogP contribution in [0.3, 0.4) is 0 Å². The molecule has 1 aliphatic rings. The lowest BCUT2D eigenvalue weighted by Gasteiger charge is -2.15. The number of rotatable bonds is 4. The number of carbonyl (C=O) groups excluding carboxylic acids is 2. The van der Waals surface area contributed by atoms with Crippen molar-refractivity contribution >= 4 is 62.1 Å². The van der Waals surface area contributed by atoms with Gasteiger partial charge in [0.25, 0.3) is 11.8 Å². The predicted octanol–water partition coefficient (Wildman–Crippen LogP) is 4.94. The summed E-state index contributed by atoms with van der Waals surface area (Å²) >= 11 is 6.30. The normalized spacial score (nSPS) is 15.2. The summed E-state index contributed by atoms with van der Waals surface area (Å²) in [5.41, 5.74) is 1.11. The average molecular weight is 408 g/mol. The highest BCUT2D eigenvalue weighted by molar-refractivity contribution is 9.10. The maximum absolute atomic E-state index is 12.9. The minimum Gasteiger partial charge on any atom is -0.268 e. The van der Waals surface area contributed by atoms with Crippen LogP contribution in [0.1, 0.15) is 18.7 Å². The molecule has 0 fully saturated rings. The van der Waals surface area contributed by atoms with E-state index < -0.39 is 0 Å². The molecule has 2 heterocycles. The second kappa shape index (κ2) is 6.63. The number of imide groups is 1. The molecule has 0 saturated heterocycles. The molecule has 2 amide bonds. The lowest BCUT2D eigenvalue weighted by atomic mass is 10.2. The van der Waals surface area contributed by atoms with E-state index in [1.165, 1.54) is 28.0 Å². The third-order valence-electron chi connectivity index (χ3n) is 3.25. The monoisotopic (exact) mass is 407 g/mol. The van der Waals surface area contributed by atoms with Crippen molar-refractivity contribution in [2.24, 2.45) is 0 Å². The third-order valence-corrected chi connectivity index (χ3v) is 5.75. The number of halogens is 1. The molecule has 0 spiro atoms. The molecule has 0 aliphatic carbocycles. The van der Waals surface area contributed by atoms with Crippen LogP contribution in [0.4, 0.5) is 5.69 Å². The van der Waals surface area contributed by atoms with Gasteiger partial charge in [-0.25, -0.2) is 4.90 Å². The molecule has 0 radical (unpaired) electrons. The summed E-state index contributed by atoms with van der Waals surface area (Å²) in [4.78, 5) is 28.4. The molecule has 118 valence electrons. The van der Waals surface area contributed by atoms with Gasteiger partial charge in [0.2, 0.25) is 0 Å². The van der Waals surface area contributed by atoms with Crippen molar-refractivity contribution in [1.29, 1.82) is 0 Å². The Labute approximate surface area is 151 Å². The maximum atomic E-state index is 12.9. The average Bonchev–Trinajstić information content (AvgIpc) is 3.09. The molecule has 0 unspecified atom stereocenters. The largest absolute Gasteiger partial charge is 0.272 e. The lowest BCUT2D eigenvalue weighted by molar-refractivity contribution is -0.119. The molecule has 2 aromatic rings. The van der Waals surface area contributed by atoms with Gasteiger partial charge in [0.1, 0.15) is 0 Å². The number of benzene rings is 1. The Balaban J connectivity index is 2.07. The molecule has 0 N–H and O–H groups in total. The van der Waals surface area contributed by atoms with Crippen LogP contribution >= 0.6 is 39.0 Å². The fourth-order valence-electron chi connectivity index (χ4n) is 2.32. The smallest absolute Gasteiger partial charge is 0.268 e. The highest BCUT2D eigenvalue weighted by Gasteiger charge is 2.40. The Kier molecular flexibility index (Phi) is 4.75. The molecule has 6 heteroatoms. The fourth-order valence-corrected chi connectivity index (χ4v) is 4.39. The summed E-state index contributed by atoms with van der Waals surface area (Å²) < 4.78 is 0.906. The van der Waals surface area contributed by atoms with E-state index in [2.05, 4.69) is 15.9 Å². The lowest BCUT2D eigenvalue weighted by Crippen LogP contribution is -2.31. The highest BCUT2D eigenvalue weighted by atomic mass is 79.9. The first-order valence-corrected chi connectivity index (χ1v) is 9.63. The first-order chi connectivity index (χ1) is 11.0. The Hall–Kier alpha value is -1.37. The molecular weight excluding hydrogens is 394 g/mol. The van der Waals surface area contributed by atoms with E-state index in [0.717, 1.165) is 9.35 Å². The molecular formula is C17H14BrNO2S2. The minimum absolute atomic E-state index is 0.224. The van der Waals surface area contributed by atoms with E-state index in [-0.39, 0.29) is 17.1 Å². The molecule has 23 heavy (non-hydrogen) atoms. The van der Waals surface area contributed by atoms with Gasteiger partial charge < -0.3 is 0 Å². The summed E-state index contributed by atoms with van der Waals surface area (Å²) in [5, 5.41) is 2.14. The Bertz CT molecular complexity index is 779. The van der Waals surface area contributed by atoms with Crippen molar-refractivity contribution in [3.8, 4) is 0 Å². The number of carbonyl (C=O) groups is 2. The van der Waals surface area contributed by atoms with Crippen LogP contribution in [0.2, 0.25) is 0 Å². The van der Waals surface area contributed by atoms with Gasteiger partial charge in [-0.3, -0.25) is 9.59 Å². The highest BCUT2D eigenvalue weighted by Crippen LogP contribution is 2.41. The van der Waals surface area contributed by atoms with Gasteiger partial charge in [-0.1, -0.05) is 35.8 Å². The maximum Gasteiger partial charge on any atom is 0.272 e. The van der Waals surface area contributed by atoms with E-state index in [1.54, 1.807) is 12.1 Å². The fraction of sp³-hybridized carbons (Fsp3) is 0.176. The molecule has 0 atom stereocenters. The number of nitrogens with zero attached hydrogens (tertiary/aromatic N) is 1. The Morgan fingerprint density at radius 3 is 2.35 bits per heavy atom. The first kappa shape index (κ1) is 16.5. The van der Waals surface area contributed by atoms with Crippen LogP contribution < -0.4 is 4.90 Å². The van der Waals surface area contributed by atoms with E-state index >= 15 is 0 Å². The summed E-state index contributed by atoms with van der Waals surface area (Å²) in [6.07, 6.45) is 0. The van der Waals surface area contributed by atoms with Gasteiger partial charge in [0.05, 0.1) is 16.2 Å². The summed E-state index contributed by atoms with van der Waals surface area (Å²) in [5.74, 6) is -0.484. The zero-order chi connectivity index (χ0) is 16.6. The van der Waals surface area contributed by atoms with E-state index in [4.69, 9.17) is 0 Å². The van der Waals surface area contributed by atoms with Gasteiger partial charge in [0.15, 0.2) is 0 Å². The number of hydrogen-bond acceptors (Lipinski definition) is 4. The standard InChI is InChI=1S/C17H14BrNO2S2/c1-10(2)23-15-14(13-4-3-9-22-13)16(20)19(17(15)21)12-7-5-11(18)6-8-12/h3-10H,1-2H3. The van der Waals surface area contributed by atoms with E-state index in [9.17, 15) is 9.59 Å². The van der Waals surface area contributed by atoms with Crippen molar-refractivity contribution in [1.82, 2.24) is 0 Å². The van der Waals surface area contributed by atoms with Crippen molar-refractivity contribution in [3.05, 3.63) is 56.0 Å². The van der Waals surface area contributed by atoms with Crippen LogP contribution in [0.25, 0.3) is 5.57 Å². The third kappa shape index (κ3) is 3.16. The number of anilines is 1. The molecule has 1 aromatic carbocycles. The summed E-state index contributed by atoms with van der Waals surface area (Å²) in [6, 6.07) is 11.0. The van der Waals surface area contributed by atoms with Crippen molar-refractivity contribution in [2.75, 3.05) is 4.90 Å². The minimum atomic E-state index is -0.247. The first-order valence-electron chi connectivity index (χ1n) is 7.08. The van der Waals surface area contributed by atoms with Gasteiger partial charge in [-0.15, -0.1) is 23.1 Å². The van der Waals surface area contributed by atoms with E-state index in [1.807, 2.05) is 43.5 Å². The number of thiophene rings is 1. The van der Waals surface area contributed by atoms with Crippen molar-refractivity contribution in [3.63, 3.8) is 0 Å². The second-order valence-electron chi connectivity index (χ2n) is 5.27. The van der Waals surface area contributed by atoms with Gasteiger partial charge in [-0.05, 0) is 35.7 Å². The molecule has 1 aliphatic heterocycles. The molecule has 3 nitrogen and oxygen atoms in total. The molecule has 1 aromatic heterocycles. The van der Waals surface area contributed by atoms with Crippen LogP contribution in [-0.2, 0) is 9.59 Å². The number of hydrogen-bond donors (Lipinski definition) is 0. The SMILES string of the molecule is CC(C)SC1=C(c2cccs2)C(=O)N(c2ccc(Br)cc2)C1=O. The van der Waals surface area contributed by atoms with Gasteiger partial charge in [-0.2, -0.15) is 0 Å². The Morgan fingerprint density at radius 1 is 1.09 bits per heavy atom. The van der Waals surface area contributed by atoms with Crippen LogP contribution in [0, 0.1) is 0 Å².